The second-order valence-corrected chi connectivity index (χ2v) is 9.38. The van der Waals surface area contributed by atoms with Crippen LogP contribution >= 0.6 is 0 Å². The van der Waals surface area contributed by atoms with Gasteiger partial charge in [0.1, 0.15) is 12.4 Å². The van der Waals surface area contributed by atoms with Gasteiger partial charge in [-0.05, 0) is 78.8 Å². The van der Waals surface area contributed by atoms with Crippen molar-refractivity contribution in [3.05, 3.63) is 82.6 Å². The molecule has 0 aromatic heterocycles. The molecule has 2 aromatic rings. The van der Waals surface area contributed by atoms with Crippen molar-refractivity contribution in [3.63, 3.8) is 0 Å². The lowest BCUT2D eigenvalue weighted by Crippen LogP contribution is -2.44. The Balaban J connectivity index is 1.82. The summed E-state index contributed by atoms with van der Waals surface area (Å²) in [6.45, 7) is 7.81. The number of phenolic OH excluding ortho intramolecular Hbond substituents is 2. The fourth-order valence-corrected chi connectivity index (χ4v) is 5.10. The van der Waals surface area contributed by atoms with E-state index in [2.05, 4.69) is 6.58 Å². The second-order valence-electron chi connectivity index (χ2n) is 9.38. The maximum Gasteiger partial charge on any atom is 0.206 e. The molecule has 0 heterocycles. The molecule has 3 atom stereocenters. The monoisotopic (exact) mass is 490 g/mol. The van der Waals surface area contributed by atoms with Gasteiger partial charge in [-0.1, -0.05) is 24.3 Å². The summed E-state index contributed by atoms with van der Waals surface area (Å²) in [4.78, 5) is 27.8. The Kier molecular flexibility index (Phi) is 7.04. The van der Waals surface area contributed by atoms with E-state index in [0.717, 1.165) is 16.7 Å². The van der Waals surface area contributed by atoms with E-state index in [-0.39, 0.29) is 59.3 Å². The van der Waals surface area contributed by atoms with Crippen LogP contribution in [0.25, 0.3) is 5.57 Å². The zero-order valence-electron chi connectivity index (χ0n) is 20.6. The standard InChI is InChI=1S/C29H30O7/c1-15(2)20-11-18-12-23(36-10-9-16(3)14-30)22(32)13-21(18)26-25(20)27(33)24(29(35-4)28(26)34)17-5-7-19(31)8-6-17/h5-9,12-13,20,25-26,30-32H,1,10-11,14H2,2-4H3/b16-9+. The van der Waals surface area contributed by atoms with Crippen LogP contribution in [-0.2, 0) is 20.7 Å². The molecule has 188 valence electrons. The van der Waals surface area contributed by atoms with Crippen LogP contribution in [0.2, 0.25) is 0 Å². The van der Waals surface area contributed by atoms with Crippen LogP contribution in [-0.4, -0.2) is 47.2 Å². The number of allylic oxidation sites excluding steroid dienone is 3. The molecule has 7 heteroatoms. The van der Waals surface area contributed by atoms with Gasteiger partial charge in [0.2, 0.25) is 5.78 Å². The first-order chi connectivity index (χ1) is 17.2. The molecular formula is C29H30O7. The molecule has 0 aliphatic heterocycles. The first kappa shape index (κ1) is 25.3. The third-order valence-electron chi connectivity index (χ3n) is 6.98. The van der Waals surface area contributed by atoms with E-state index < -0.39 is 11.8 Å². The van der Waals surface area contributed by atoms with Gasteiger partial charge >= 0.3 is 0 Å². The molecule has 2 aliphatic carbocycles. The number of hydrogen-bond donors (Lipinski definition) is 3. The average molecular weight is 491 g/mol. The summed E-state index contributed by atoms with van der Waals surface area (Å²) in [5.41, 5.74) is 3.57. The van der Waals surface area contributed by atoms with Crippen LogP contribution in [0, 0.1) is 11.8 Å². The van der Waals surface area contributed by atoms with Gasteiger partial charge in [0, 0.05) is 5.92 Å². The zero-order chi connectivity index (χ0) is 26.1. The number of hydrogen-bond acceptors (Lipinski definition) is 7. The number of benzene rings is 2. The van der Waals surface area contributed by atoms with E-state index in [1.165, 1.54) is 25.3 Å². The Bertz CT molecular complexity index is 1280. The number of rotatable bonds is 7. The Hall–Kier alpha value is -3.84. The summed E-state index contributed by atoms with van der Waals surface area (Å²) in [6, 6.07) is 9.31. The topological polar surface area (TPSA) is 113 Å². The normalized spacial score (nSPS) is 21.7. The molecular weight excluding hydrogens is 460 g/mol. The molecule has 0 spiro atoms. The number of aliphatic hydroxyl groups excluding tert-OH is 1. The van der Waals surface area contributed by atoms with Gasteiger partial charge in [-0.3, -0.25) is 9.59 Å². The summed E-state index contributed by atoms with van der Waals surface area (Å²) in [7, 11) is 1.36. The van der Waals surface area contributed by atoms with Crippen LogP contribution < -0.4 is 4.74 Å². The summed E-state index contributed by atoms with van der Waals surface area (Å²) < 4.78 is 11.2. The maximum absolute atomic E-state index is 14.0. The van der Waals surface area contributed by atoms with E-state index >= 15 is 0 Å². The van der Waals surface area contributed by atoms with E-state index in [4.69, 9.17) is 14.6 Å². The highest BCUT2D eigenvalue weighted by atomic mass is 16.5. The highest BCUT2D eigenvalue weighted by Crippen LogP contribution is 2.51. The fourth-order valence-electron chi connectivity index (χ4n) is 5.10. The molecule has 36 heavy (non-hydrogen) atoms. The highest BCUT2D eigenvalue weighted by Gasteiger charge is 2.51. The van der Waals surface area contributed by atoms with Crippen molar-refractivity contribution in [2.24, 2.45) is 11.8 Å². The van der Waals surface area contributed by atoms with Crippen molar-refractivity contribution >= 4 is 17.1 Å². The molecule has 0 saturated carbocycles. The molecule has 3 N–H and O–H groups in total. The van der Waals surface area contributed by atoms with Crippen molar-refractivity contribution in [3.8, 4) is 17.2 Å². The predicted octanol–water partition coefficient (Wildman–Crippen LogP) is 4.07. The number of Topliss-reactive ketones (excluding diaryl/α,β-unsaturated/α-hetero) is 2. The second kappa shape index (κ2) is 10.0. The minimum absolute atomic E-state index is 0.0373. The molecule has 7 nitrogen and oxygen atoms in total. The molecule has 0 saturated heterocycles. The van der Waals surface area contributed by atoms with Gasteiger partial charge < -0.3 is 24.8 Å². The van der Waals surface area contributed by atoms with Crippen molar-refractivity contribution in [2.45, 2.75) is 26.2 Å². The van der Waals surface area contributed by atoms with E-state index in [1.54, 1.807) is 31.2 Å². The van der Waals surface area contributed by atoms with Crippen LogP contribution in [0.5, 0.6) is 17.2 Å². The first-order valence-corrected chi connectivity index (χ1v) is 11.7. The van der Waals surface area contributed by atoms with Gasteiger partial charge in [-0.15, -0.1) is 0 Å². The molecule has 4 rings (SSSR count). The zero-order valence-corrected chi connectivity index (χ0v) is 20.6. The predicted molar refractivity (Wildman–Crippen MR) is 135 cm³/mol. The minimum atomic E-state index is -0.838. The Labute approximate surface area is 210 Å². The summed E-state index contributed by atoms with van der Waals surface area (Å²) in [6.07, 6.45) is 2.17. The first-order valence-electron chi connectivity index (χ1n) is 11.7. The number of aliphatic hydroxyl groups is 1. The largest absolute Gasteiger partial charge is 0.508 e. The van der Waals surface area contributed by atoms with Crippen molar-refractivity contribution in [1.82, 2.24) is 0 Å². The van der Waals surface area contributed by atoms with Gasteiger partial charge in [0.15, 0.2) is 23.0 Å². The van der Waals surface area contributed by atoms with E-state index in [9.17, 15) is 19.8 Å². The molecule has 3 unspecified atom stereocenters. The van der Waals surface area contributed by atoms with Gasteiger partial charge in [-0.25, -0.2) is 0 Å². The quantitative estimate of drug-likeness (QED) is 0.502. The molecule has 0 radical (unpaired) electrons. The molecule has 2 aromatic carbocycles. The highest BCUT2D eigenvalue weighted by molar-refractivity contribution is 6.32. The van der Waals surface area contributed by atoms with Crippen LogP contribution in [0.4, 0.5) is 0 Å². The number of phenols is 2. The third-order valence-corrected chi connectivity index (χ3v) is 6.98. The average Bonchev–Trinajstić information content (AvgIpc) is 2.85. The molecule has 2 aliphatic rings. The Morgan fingerprint density at radius 3 is 2.42 bits per heavy atom. The maximum atomic E-state index is 14.0. The lowest BCUT2D eigenvalue weighted by Gasteiger charge is -2.41. The lowest BCUT2D eigenvalue weighted by molar-refractivity contribution is -0.130. The van der Waals surface area contributed by atoms with Crippen LogP contribution in [0.3, 0.4) is 0 Å². The Morgan fingerprint density at radius 2 is 1.81 bits per heavy atom. The number of fused-ring (bicyclic) bond motifs is 3. The van der Waals surface area contributed by atoms with Crippen molar-refractivity contribution < 1.29 is 34.4 Å². The number of ether oxygens (including phenoxy) is 2. The number of carbonyl (C=O) groups excluding carboxylic acids is 2. The van der Waals surface area contributed by atoms with Crippen molar-refractivity contribution in [1.29, 1.82) is 0 Å². The number of methoxy groups -OCH3 is 1. The van der Waals surface area contributed by atoms with Crippen LogP contribution in [0.1, 0.15) is 36.5 Å². The third kappa shape index (κ3) is 4.42. The van der Waals surface area contributed by atoms with Gasteiger partial charge in [0.05, 0.1) is 25.2 Å². The fraction of sp³-hybridized carbons (Fsp3) is 0.310. The van der Waals surface area contributed by atoms with Gasteiger partial charge in [-0.2, -0.15) is 0 Å². The summed E-state index contributed by atoms with van der Waals surface area (Å²) in [5.74, 6) is -2.28. The molecule has 0 amide bonds. The Morgan fingerprint density at radius 1 is 1.11 bits per heavy atom. The minimum Gasteiger partial charge on any atom is -0.508 e. The number of aromatic hydroxyl groups is 2. The van der Waals surface area contributed by atoms with Crippen LogP contribution in [0.15, 0.2) is 66.0 Å². The molecule has 0 bridgehead atoms. The van der Waals surface area contributed by atoms with E-state index in [0.29, 0.717) is 17.5 Å². The summed E-state index contributed by atoms with van der Waals surface area (Å²) >= 11 is 0. The van der Waals surface area contributed by atoms with E-state index in [1.807, 2.05) is 6.92 Å². The van der Waals surface area contributed by atoms with Crippen molar-refractivity contribution in [2.75, 3.05) is 20.3 Å². The molecule has 0 fully saturated rings. The lowest BCUT2D eigenvalue weighted by atomic mass is 9.60. The summed E-state index contributed by atoms with van der Waals surface area (Å²) in [5, 5.41) is 29.6. The number of ketones is 2. The smallest absolute Gasteiger partial charge is 0.206 e. The van der Waals surface area contributed by atoms with Gasteiger partial charge in [0.25, 0.3) is 0 Å². The SMILES string of the molecule is C=C(C)C1Cc2cc(OC/C=C(\C)CO)c(O)cc2C2C(=O)C(OC)=C(c3ccc(O)cc3)C(=O)C12. The number of carbonyl (C=O) groups is 2.